The monoisotopic (exact) mass is 276 g/mol. The van der Waals surface area contributed by atoms with Gasteiger partial charge in [0.25, 0.3) is 0 Å². The quantitative estimate of drug-likeness (QED) is 0.783. The van der Waals surface area contributed by atoms with E-state index in [1.165, 1.54) is 7.11 Å². The van der Waals surface area contributed by atoms with Crippen molar-refractivity contribution in [2.75, 3.05) is 13.7 Å². The largest absolute Gasteiger partial charge is 0.467 e. The first-order valence-electron chi connectivity index (χ1n) is 6.98. The third kappa shape index (κ3) is 3.56. The van der Waals surface area contributed by atoms with Crippen LogP contribution in [0.15, 0.2) is 24.5 Å². The predicted octanol–water partition coefficient (Wildman–Crippen LogP) is 1.57. The molecule has 5 heteroatoms. The third-order valence-electron chi connectivity index (χ3n) is 3.65. The van der Waals surface area contributed by atoms with Gasteiger partial charge in [-0.05, 0) is 37.3 Å². The average Bonchev–Trinajstić information content (AvgIpc) is 2.52. The van der Waals surface area contributed by atoms with Gasteiger partial charge in [-0.1, -0.05) is 6.07 Å². The van der Waals surface area contributed by atoms with Crippen molar-refractivity contribution in [2.24, 2.45) is 0 Å². The van der Waals surface area contributed by atoms with Gasteiger partial charge in [0.15, 0.2) is 0 Å². The molecule has 2 rings (SSSR count). The normalized spacial score (nSPS) is 18.6. The minimum atomic E-state index is -0.407. The average molecular weight is 276 g/mol. The molecule has 108 valence electrons. The standard InChI is InChI=1S/C15H20N2O3/c1-20-15(19)13-6-2-3-10-17(13)14(18)8-7-12-5-4-9-16-11-12/h4-5,9,11,13H,2-3,6-8,10H2,1H3. The number of likely N-dealkylation sites (tertiary alicyclic amines) is 1. The molecular weight excluding hydrogens is 256 g/mol. The molecule has 1 aromatic heterocycles. The molecule has 1 unspecified atom stereocenters. The van der Waals surface area contributed by atoms with Crippen molar-refractivity contribution in [3.8, 4) is 0 Å². The zero-order valence-corrected chi connectivity index (χ0v) is 11.7. The lowest BCUT2D eigenvalue weighted by atomic mass is 10.0. The van der Waals surface area contributed by atoms with Gasteiger partial charge in [-0.2, -0.15) is 0 Å². The second-order valence-corrected chi connectivity index (χ2v) is 4.98. The molecular formula is C15H20N2O3. The number of hydrogen-bond acceptors (Lipinski definition) is 4. The Kier molecular flexibility index (Phi) is 5.09. The Morgan fingerprint density at radius 3 is 3.00 bits per heavy atom. The van der Waals surface area contributed by atoms with E-state index in [1.54, 1.807) is 17.3 Å². The molecule has 20 heavy (non-hydrogen) atoms. The summed E-state index contributed by atoms with van der Waals surface area (Å²) in [6.45, 7) is 0.644. The number of methoxy groups -OCH3 is 1. The van der Waals surface area contributed by atoms with E-state index in [0.29, 0.717) is 25.8 Å². The van der Waals surface area contributed by atoms with Crippen molar-refractivity contribution < 1.29 is 14.3 Å². The summed E-state index contributed by atoms with van der Waals surface area (Å²) in [7, 11) is 1.37. The second kappa shape index (κ2) is 7.03. The van der Waals surface area contributed by atoms with Crippen molar-refractivity contribution in [1.82, 2.24) is 9.88 Å². The summed E-state index contributed by atoms with van der Waals surface area (Å²) in [6.07, 6.45) is 7.14. The molecule has 0 saturated carbocycles. The summed E-state index contributed by atoms with van der Waals surface area (Å²) in [5.74, 6) is -0.289. The minimum Gasteiger partial charge on any atom is -0.467 e. The molecule has 1 aliphatic rings. The summed E-state index contributed by atoms with van der Waals surface area (Å²) in [5, 5.41) is 0. The van der Waals surface area contributed by atoms with Crippen molar-refractivity contribution in [3.63, 3.8) is 0 Å². The highest BCUT2D eigenvalue weighted by Crippen LogP contribution is 2.19. The number of amides is 1. The summed E-state index contributed by atoms with van der Waals surface area (Å²) in [5.41, 5.74) is 1.03. The van der Waals surface area contributed by atoms with Gasteiger partial charge in [0.05, 0.1) is 7.11 Å². The Labute approximate surface area is 118 Å². The number of rotatable bonds is 4. The third-order valence-corrected chi connectivity index (χ3v) is 3.65. The van der Waals surface area contributed by atoms with Crippen molar-refractivity contribution in [3.05, 3.63) is 30.1 Å². The van der Waals surface area contributed by atoms with Crippen LogP contribution >= 0.6 is 0 Å². The van der Waals surface area contributed by atoms with Crippen LogP contribution in [0.1, 0.15) is 31.2 Å². The van der Waals surface area contributed by atoms with Crippen LogP contribution < -0.4 is 0 Å². The lowest BCUT2D eigenvalue weighted by molar-refractivity contribution is -0.154. The Morgan fingerprint density at radius 2 is 2.30 bits per heavy atom. The number of piperidine rings is 1. The first-order chi connectivity index (χ1) is 9.72. The smallest absolute Gasteiger partial charge is 0.328 e. The van der Waals surface area contributed by atoms with E-state index in [0.717, 1.165) is 18.4 Å². The Morgan fingerprint density at radius 1 is 1.45 bits per heavy atom. The Balaban J connectivity index is 1.94. The summed E-state index contributed by atoms with van der Waals surface area (Å²) >= 11 is 0. The maximum Gasteiger partial charge on any atom is 0.328 e. The highest BCUT2D eigenvalue weighted by atomic mass is 16.5. The molecule has 1 saturated heterocycles. The van der Waals surface area contributed by atoms with Crippen LogP contribution in [0.5, 0.6) is 0 Å². The fourth-order valence-corrected chi connectivity index (χ4v) is 2.55. The fourth-order valence-electron chi connectivity index (χ4n) is 2.55. The van der Waals surface area contributed by atoms with Gasteiger partial charge < -0.3 is 9.64 Å². The molecule has 1 amide bonds. The van der Waals surface area contributed by atoms with Gasteiger partial charge in [-0.25, -0.2) is 4.79 Å². The van der Waals surface area contributed by atoms with Gasteiger partial charge in [0.1, 0.15) is 6.04 Å². The van der Waals surface area contributed by atoms with Crippen molar-refractivity contribution in [2.45, 2.75) is 38.1 Å². The van der Waals surface area contributed by atoms with Gasteiger partial charge in [-0.3, -0.25) is 9.78 Å². The van der Waals surface area contributed by atoms with Crippen LogP contribution in [0.3, 0.4) is 0 Å². The topological polar surface area (TPSA) is 59.5 Å². The SMILES string of the molecule is COC(=O)C1CCCCN1C(=O)CCc1cccnc1. The summed E-state index contributed by atoms with van der Waals surface area (Å²) in [6, 6.07) is 3.40. The number of carbonyl (C=O) groups is 2. The van der Waals surface area contributed by atoms with Crippen LogP contribution in [0.4, 0.5) is 0 Å². The Bertz CT molecular complexity index is 461. The molecule has 1 aromatic rings. The van der Waals surface area contributed by atoms with Crippen molar-refractivity contribution >= 4 is 11.9 Å². The van der Waals surface area contributed by atoms with E-state index >= 15 is 0 Å². The fraction of sp³-hybridized carbons (Fsp3) is 0.533. The second-order valence-electron chi connectivity index (χ2n) is 4.98. The number of ether oxygens (including phenoxy) is 1. The molecule has 1 fully saturated rings. The van der Waals surface area contributed by atoms with Crippen LogP contribution in [0.2, 0.25) is 0 Å². The molecule has 1 atom stereocenters. The molecule has 5 nitrogen and oxygen atoms in total. The predicted molar refractivity (Wildman–Crippen MR) is 73.9 cm³/mol. The van der Waals surface area contributed by atoms with E-state index in [-0.39, 0.29) is 11.9 Å². The number of hydrogen-bond donors (Lipinski definition) is 0. The summed E-state index contributed by atoms with van der Waals surface area (Å²) in [4.78, 5) is 29.7. The number of nitrogens with zero attached hydrogens (tertiary/aromatic N) is 2. The van der Waals surface area contributed by atoms with E-state index < -0.39 is 6.04 Å². The van der Waals surface area contributed by atoms with Gasteiger partial charge >= 0.3 is 5.97 Å². The number of aryl methyl sites for hydroxylation is 1. The van der Waals surface area contributed by atoms with Gasteiger partial charge in [0, 0.05) is 25.4 Å². The molecule has 0 aromatic carbocycles. The first kappa shape index (κ1) is 14.5. The van der Waals surface area contributed by atoms with Gasteiger partial charge in [-0.15, -0.1) is 0 Å². The lowest BCUT2D eigenvalue weighted by Crippen LogP contribution is -2.48. The molecule has 2 heterocycles. The van der Waals surface area contributed by atoms with Crippen LogP contribution in [-0.2, 0) is 20.7 Å². The minimum absolute atomic E-state index is 0.0175. The summed E-state index contributed by atoms with van der Waals surface area (Å²) < 4.78 is 4.79. The maximum absolute atomic E-state index is 12.3. The lowest BCUT2D eigenvalue weighted by Gasteiger charge is -2.33. The number of carbonyl (C=O) groups excluding carboxylic acids is 2. The molecule has 0 radical (unpaired) electrons. The van der Waals surface area contributed by atoms with Crippen LogP contribution in [0.25, 0.3) is 0 Å². The number of pyridine rings is 1. The zero-order valence-electron chi connectivity index (χ0n) is 11.7. The van der Waals surface area contributed by atoms with Crippen LogP contribution in [0, 0.1) is 0 Å². The zero-order chi connectivity index (χ0) is 14.4. The Hall–Kier alpha value is -1.91. The van der Waals surface area contributed by atoms with Crippen molar-refractivity contribution in [1.29, 1.82) is 0 Å². The first-order valence-corrected chi connectivity index (χ1v) is 6.98. The molecule has 1 aliphatic heterocycles. The number of esters is 1. The van der Waals surface area contributed by atoms with Crippen LogP contribution in [-0.4, -0.2) is 41.5 Å². The maximum atomic E-state index is 12.3. The molecule has 0 aliphatic carbocycles. The number of aromatic nitrogens is 1. The van der Waals surface area contributed by atoms with E-state index in [4.69, 9.17) is 4.74 Å². The van der Waals surface area contributed by atoms with E-state index in [9.17, 15) is 9.59 Å². The van der Waals surface area contributed by atoms with E-state index in [2.05, 4.69) is 4.98 Å². The van der Waals surface area contributed by atoms with E-state index in [1.807, 2.05) is 12.1 Å². The molecule has 0 N–H and O–H groups in total. The highest BCUT2D eigenvalue weighted by Gasteiger charge is 2.32. The molecule has 0 spiro atoms. The van der Waals surface area contributed by atoms with Gasteiger partial charge in [0.2, 0.25) is 5.91 Å². The highest BCUT2D eigenvalue weighted by molar-refractivity contribution is 5.84. The molecule has 0 bridgehead atoms.